The molecule has 1 heterocycles. The van der Waals surface area contributed by atoms with Crippen molar-refractivity contribution in [2.45, 2.75) is 19.3 Å². The second-order valence-electron chi connectivity index (χ2n) is 2.93. The van der Waals surface area contributed by atoms with E-state index in [1.54, 1.807) is 12.4 Å². The van der Waals surface area contributed by atoms with Crippen molar-refractivity contribution in [3.63, 3.8) is 0 Å². The Labute approximate surface area is 88.1 Å². The lowest BCUT2D eigenvalue weighted by molar-refractivity contribution is -0.121. The van der Waals surface area contributed by atoms with E-state index in [1.165, 1.54) is 0 Å². The van der Waals surface area contributed by atoms with Crippen molar-refractivity contribution in [3.8, 4) is 0 Å². The molecule has 0 fully saturated rings. The first-order valence-electron chi connectivity index (χ1n) is 4.64. The lowest BCUT2D eigenvalue weighted by atomic mass is 10.3. The molecule has 14 heavy (non-hydrogen) atoms. The summed E-state index contributed by atoms with van der Waals surface area (Å²) in [5.74, 6) is 1.48. The van der Waals surface area contributed by atoms with Gasteiger partial charge < -0.3 is 10.3 Å². The smallest absolute Gasteiger partial charge is 0.220 e. The number of nitrogens with zero attached hydrogens (tertiary/aromatic N) is 1. The van der Waals surface area contributed by atoms with Gasteiger partial charge in [-0.05, 0) is 6.42 Å². The van der Waals surface area contributed by atoms with E-state index < -0.39 is 0 Å². The molecular weight excluding hydrogens is 202 g/mol. The van der Waals surface area contributed by atoms with Crippen LogP contribution in [0.2, 0.25) is 0 Å². The topological polar surface area (TPSA) is 57.8 Å². The molecule has 1 aromatic heterocycles. The molecule has 78 valence electrons. The van der Waals surface area contributed by atoms with E-state index in [0.717, 1.165) is 18.7 Å². The molecule has 0 bridgehead atoms. The molecule has 0 radical (unpaired) electrons. The van der Waals surface area contributed by atoms with Crippen molar-refractivity contribution < 1.29 is 4.79 Å². The van der Waals surface area contributed by atoms with Crippen LogP contribution in [-0.2, 0) is 11.2 Å². The molecule has 0 aromatic carbocycles. The number of nitrogens with one attached hydrogen (secondary N) is 2. The minimum Gasteiger partial charge on any atom is -0.356 e. The predicted octanol–water partition coefficient (Wildman–Crippen LogP) is 1.09. The van der Waals surface area contributed by atoms with E-state index >= 15 is 0 Å². The van der Waals surface area contributed by atoms with Gasteiger partial charge >= 0.3 is 0 Å². The van der Waals surface area contributed by atoms with Crippen LogP contribution < -0.4 is 5.32 Å². The van der Waals surface area contributed by atoms with Crippen LogP contribution in [0.25, 0.3) is 0 Å². The van der Waals surface area contributed by atoms with Gasteiger partial charge in [0.15, 0.2) is 0 Å². The molecule has 0 aliphatic heterocycles. The van der Waals surface area contributed by atoms with E-state index in [1.807, 2.05) is 0 Å². The Morgan fingerprint density at radius 3 is 3.14 bits per heavy atom. The van der Waals surface area contributed by atoms with Crippen molar-refractivity contribution >= 4 is 17.5 Å². The summed E-state index contributed by atoms with van der Waals surface area (Å²) in [4.78, 5) is 18.1. The molecule has 1 aromatic rings. The van der Waals surface area contributed by atoms with Gasteiger partial charge in [-0.25, -0.2) is 4.98 Å². The number of carbonyl (C=O) groups excluding carboxylic acids is 1. The maximum Gasteiger partial charge on any atom is 0.220 e. The highest BCUT2D eigenvalue weighted by Crippen LogP contribution is 1.92. The molecule has 0 saturated heterocycles. The molecule has 0 spiro atoms. The van der Waals surface area contributed by atoms with Gasteiger partial charge in [-0.2, -0.15) is 0 Å². The number of H-pyrrole nitrogens is 1. The number of hydrogen-bond acceptors (Lipinski definition) is 2. The summed E-state index contributed by atoms with van der Waals surface area (Å²) < 4.78 is 0. The average molecular weight is 216 g/mol. The minimum atomic E-state index is 0.0530. The molecule has 4 nitrogen and oxygen atoms in total. The number of aromatic amines is 1. The maximum atomic E-state index is 11.1. The monoisotopic (exact) mass is 215 g/mol. The summed E-state index contributed by atoms with van der Waals surface area (Å²) in [6, 6.07) is 0. The van der Waals surface area contributed by atoms with E-state index in [0.29, 0.717) is 18.8 Å². The molecule has 0 aliphatic carbocycles. The Hall–Kier alpha value is -1.03. The van der Waals surface area contributed by atoms with Gasteiger partial charge in [0.05, 0.1) is 0 Å². The molecule has 0 saturated carbocycles. The van der Waals surface area contributed by atoms with Crippen molar-refractivity contribution in [1.29, 1.82) is 0 Å². The van der Waals surface area contributed by atoms with Gasteiger partial charge in [-0.15, -0.1) is 11.6 Å². The fourth-order valence-corrected chi connectivity index (χ4v) is 1.20. The lowest BCUT2D eigenvalue weighted by Gasteiger charge is -2.02. The van der Waals surface area contributed by atoms with Crippen LogP contribution in [0.4, 0.5) is 0 Å². The van der Waals surface area contributed by atoms with Crippen LogP contribution in [0, 0.1) is 0 Å². The third-order valence-corrected chi connectivity index (χ3v) is 2.04. The number of alkyl halides is 1. The molecule has 0 atom stereocenters. The second-order valence-corrected chi connectivity index (χ2v) is 3.31. The number of amides is 1. The summed E-state index contributed by atoms with van der Waals surface area (Å²) in [5.41, 5.74) is 0. The van der Waals surface area contributed by atoms with E-state index in [-0.39, 0.29) is 5.91 Å². The molecule has 1 amide bonds. The first kappa shape index (κ1) is 11.0. The van der Waals surface area contributed by atoms with Crippen LogP contribution in [0.5, 0.6) is 0 Å². The summed E-state index contributed by atoms with van der Waals surface area (Å²) in [6.07, 6.45) is 5.44. The summed E-state index contributed by atoms with van der Waals surface area (Å²) in [7, 11) is 0. The molecule has 0 aliphatic rings. The minimum absolute atomic E-state index is 0.0530. The third-order valence-electron chi connectivity index (χ3n) is 1.78. The number of rotatable bonds is 6. The van der Waals surface area contributed by atoms with Crippen LogP contribution in [0.15, 0.2) is 12.4 Å². The SMILES string of the molecule is O=C(CCCCl)NCCc1ncc[nH]1. The zero-order valence-corrected chi connectivity index (χ0v) is 8.68. The molecule has 1 rings (SSSR count). The Balaban J connectivity index is 2.06. The number of halogens is 1. The molecule has 5 heteroatoms. The third kappa shape index (κ3) is 4.28. The summed E-state index contributed by atoms with van der Waals surface area (Å²) in [6.45, 7) is 0.620. The Kier molecular flexibility index (Phi) is 5.07. The fourth-order valence-electron chi connectivity index (χ4n) is 1.07. The Morgan fingerprint density at radius 1 is 1.64 bits per heavy atom. The van der Waals surface area contributed by atoms with E-state index in [9.17, 15) is 4.79 Å². The Morgan fingerprint density at radius 2 is 2.50 bits per heavy atom. The largest absolute Gasteiger partial charge is 0.356 e. The lowest BCUT2D eigenvalue weighted by Crippen LogP contribution is -2.25. The van der Waals surface area contributed by atoms with Crippen LogP contribution >= 0.6 is 11.6 Å². The average Bonchev–Trinajstić information content (AvgIpc) is 2.67. The van der Waals surface area contributed by atoms with Gasteiger partial charge in [0.25, 0.3) is 0 Å². The zero-order chi connectivity index (χ0) is 10.2. The molecule has 0 unspecified atom stereocenters. The summed E-state index contributed by atoms with van der Waals surface area (Å²) in [5, 5.41) is 2.80. The van der Waals surface area contributed by atoms with Crippen LogP contribution in [0.3, 0.4) is 0 Å². The standard InChI is InChI=1S/C9H14ClN3O/c10-4-1-2-9(14)13-5-3-8-11-6-7-12-8/h6-7H,1-5H2,(H,11,12)(H,13,14). The van der Waals surface area contributed by atoms with E-state index in [2.05, 4.69) is 15.3 Å². The van der Waals surface area contributed by atoms with Gasteiger partial charge in [0, 0.05) is 37.7 Å². The normalized spacial score (nSPS) is 10.1. The van der Waals surface area contributed by atoms with Gasteiger partial charge in [0.1, 0.15) is 5.82 Å². The second kappa shape index (κ2) is 6.43. The number of carbonyl (C=O) groups is 1. The first-order chi connectivity index (χ1) is 6.83. The van der Waals surface area contributed by atoms with E-state index in [4.69, 9.17) is 11.6 Å². The van der Waals surface area contributed by atoms with Crippen LogP contribution in [-0.4, -0.2) is 28.3 Å². The van der Waals surface area contributed by atoms with Crippen molar-refractivity contribution in [2.75, 3.05) is 12.4 Å². The van der Waals surface area contributed by atoms with Crippen molar-refractivity contribution in [3.05, 3.63) is 18.2 Å². The Bertz CT molecular complexity index is 261. The van der Waals surface area contributed by atoms with Crippen molar-refractivity contribution in [2.24, 2.45) is 0 Å². The van der Waals surface area contributed by atoms with Gasteiger partial charge in [-0.1, -0.05) is 0 Å². The number of imidazole rings is 1. The first-order valence-corrected chi connectivity index (χ1v) is 5.17. The number of hydrogen-bond donors (Lipinski definition) is 2. The highest BCUT2D eigenvalue weighted by atomic mass is 35.5. The van der Waals surface area contributed by atoms with Gasteiger partial charge in [-0.3, -0.25) is 4.79 Å². The highest BCUT2D eigenvalue weighted by Gasteiger charge is 2.00. The van der Waals surface area contributed by atoms with Crippen molar-refractivity contribution in [1.82, 2.24) is 15.3 Å². The molecular formula is C9H14ClN3O. The maximum absolute atomic E-state index is 11.1. The zero-order valence-electron chi connectivity index (χ0n) is 7.92. The molecule has 2 N–H and O–H groups in total. The van der Waals surface area contributed by atoms with Crippen LogP contribution in [0.1, 0.15) is 18.7 Å². The fraction of sp³-hybridized carbons (Fsp3) is 0.556. The number of aromatic nitrogens is 2. The van der Waals surface area contributed by atoms with Gasteiger partial charge in [0.2, 0.25) is 5.91 Å². The quantitative estimate of drug-likeness (QED) is 0.698. The summed E-state index contributed by atoms with van der Waals surface area (Å²) >= 11 is 5.47. The highest BCUT2D eigenvalue weighted by molar-refractivity contribution is 6.17. The predicted molar refractivity (Wildman–Crippen MR) is 55.3 cm³/mol.